The number of carbonyl (C=O) groups is 2. The van der Waals surface area contributed by atoms with Gasteiger partial charge in [-0.2, -0.15) is 0 Å². The number of amides is 1. The van der Waals surface area contributed by atoms with E-state index in [9.17, 15) is 18.0 Å². The van der Waals surface area contributed by atoms with Gasteiger partial charge in [0.15, 0.2) is 11.5 Å². The predicted molar refractivity (Wildman–Crippen MR) is 117 cm³/mol. The van der Waals surface area contributed by atoms with Crippen LogP contribution in [-0.4, -0.2) is 36.6 Å². The van der Waals surface area contributed by atoms with Crippen molar-refractivity contribution in [3.05, 3.63) is 95.3 Å². The zero-order chi connectivity index (χ0) is 23.2. The van der Waals surface area contributed by atoms with Crippen LogP contribution in [0.4, 0.5) is 5.82 Å². The first-order chi connectivity index (χ1) is 15.9. The van der Waals surface area contributed by atoms with Gasteiger partial charge < -0.3 is 14.8 Å². The Balaban J connectivity index is 1.65. The molecule has 2 aliphatic rings. The molecule has 0 saturated heterocycles. The van der Waals surface area contributed by atoms with E-state index in [1.807, 2.05) is 0 Å². The summed E-state index contributed by atoms with van der Waals surface area (Å²) in [5.41, 5.74) is 0.739. The Bertz CT molecular complexity index is 1420. The number of hydrogen-bond donors (Lipinski definition) is 1. The number of fused-ring (bicyclic) bond motifs is 2. The van der Waals surface area contributed by atoms with Crippen LogP contribution >= 0.6 is 0 Å². The van der Waals surface area contributed by atoms with Gasteiger partial charge in [-0.15, -0.1) is 0 Å². The van der Waals surface area contributed by atoms with Crippen LogP contribution < -0.4 is 5.32 Å². The van der Waals surface area contributed by atoms with Gasteiger partial charge in [0.25, 0.3) is 22.2 Å². The Morgan fingerprint density at radius 1 is 1.03 bits per heavy atom. The van der Waals surface area contributed by atoms with Crippen molar-refractivity contribution in [3.63, 3.8) is 0 Å². The fourth-order valence-electron chi connectivity index (χ4n) is 3.70. The Kier molecular flexibility index (Phi) is 4.86. The highest BCUT2D eigenvalue weighted by Gasteiger charge is 2.41. The minimum Gasteiger partial charge on any atom is -0.447 e. The summed E-state index contributed by atoms with van der Waals surface area (Å²) >= 11 is 0. The molecule has 9 nitrogen and oxygen atoms in total. The van der Waals surface area contributed by atoms with Crippen LogP contribution in [0.25, 0.3) is 5.76 Å². The number of rotatable bonds is 4. The number of hydrogen-bond acceptors (Lipinski definition) is 7. The van der Waals surface area contributed by atoms with E-state index in [-0.39, 0.29) is 27.7 Å². The summed E-state index contributed by atoms with van der Waals surface area (Å²) in [6.45, 7) is 0. The van der Waals surface area contributed by atoms with Gasteiger partial charge >= 0.3 is 5.97 Å². The van der Waals surface area contributed by atoms with Gasteiger partial charge in [-0.3, -0.25) is 9.10 Å². The zero-order valence-corrected chi connectivity index (χ0v) is 18.1. The van der Waals surface area contributed by atoms with Crippen molar-refractivity contribution < 1.29 is 27.5 Å². The molecule has 1 aromatic heterocycles. The van der Waals surface area contributed by atoms with Crippen LogP contribution in [0.2, 0.25) is 0 Å². The number of benzene rings is 2. The molecule has 1 unspecified atom stereocenters. The molecule has 0 radical (unpaired) electrons. The highest BCUT2D eigenvalue weighted by atomic mass is 32.2. The molecule has 33 heavy (non-hydrogen) atoms. The average Bonchev–Trinajstić information content (AvgIpc) is 3.14. The van der Waals surface area contributed by atoms with Crippen molar-refractivity contribution in [1.29, 1.82) is 0 Å². The first kappa shape index (κ1) is 20.7. The van der Waals surface area contributed by atoms with E-state index in [2.05, 4.69) is 10.3 Å². The van der Waals surface area contributed by atoms with Crippen LogP contribution in [0, 0.1) is 0 Å². The van der Waals surface area contributed by atoms with Gasteiger partial charge in [0.2, 0.25) is 0 Å². The van der Waals surface area contributed by atoms with Gasteiger partial charge in [-0.25, -0.2) is 18.2 Å². The smallest absolute Gasteiger partial charge is 0.342 e. The molecule has 0 aliphatic carbocycles. The van der Waals surface area contributed by atoms with E-state index in [0.29, 0.717) is 11.1 Å². The first-order valence-corrected chi connectivity index (χ1v) is 11.3. The molecule has 166 valence electrons. The average molecular weight is 463 g/mol. The molecule has 0 saturated carbocycles. The second kappa shape index (κ2) is 7.75. The highest BCUT2D eigenvalue weighted by molar-refractivity contribution is 7.89. The molecule has 0 fully saturated rings. The number of carbonyl (C=O) groups excluding carboxylic acids is 2. The number of anilines is 1. The largest absolute Gasteiger partial charge is 0.447 e. The lowest BCUT2D eigenvalue weighted by Crippen LogP contribution is -2.38. The number of nitrogens with one attached hydrogen (secondary N) is 1. The molecule has 2 aromatic carbocycles. The van der Waals surface area contributed by atoms with Crippen molar-refractivity contribution in [2.75, 3.05) is 12.4 Å². The second-order valence-corrected chi connectivity index (χ2v) is 9.20. The van der Waals surface area contributed by atoms with Gasteiger partial charge in [0.1, 0.15) is 5.82 Å². The first-order valence-electron chi connectivity index (χ1n) is 9.89. The quantitative estimate of drug-likeness (QED) is 0.592. The normalized spacial score (nSPS) is 18.3. The maximum atomic E-state index is 13.3. The molecule has 3 heterocycles. The van der Waals surface area contributed by atoms with Gasteiger partial charge in [-0.1, -0.05) is 36.4 Å². The maximum Gasteiger partial charge on any atom is 0.342 e. The van der Waals surface area contributed by atoms with Crippen LogP contribution in [-0.2, 0) is 24.3 Å². The summed E-state index contributed by atoms with van der Waals surface area (Å²) < 4.78 is 38.6. The lowest BCUT2D eigenvalue weighted by atomic mass is 10.1. The highest BCUT2D eigenvalue weighted by Crippen LogP contribution is 2.42. The fourth-order valence-corrected chi connectivity index (χ4v) is 5.09. The molecule has 1 N–H and O–H groups in total. The molecular weight excluding hydrogens is 446 g/mol. The van der Waals surface area contributed by atoms with Crippen molar-refractivity contribution in [1.82, 2.24) is 9.29 Å². The van der Waals surface area contributed by atoms with Crippen molar-refractivity contribution in [3.8, 4) is 0 Å². The second-order valence-electron chi connectivity index (χ2n) is 7.26. The zero-order valence-electron chi connectivity index (χ0n) is 17.3. The number of sulfonamides is 1. The third kappa shape index (κ3) is 3.40. The monoisotopic (exact) mass is 463 g/mol. The molecule has 3 aromatic rings. The van der Waals surface area contributed by atoms with E-state index in [1.165, 1.54) is 25.4 Å². The summed E-state index contributed by atoms with van der Waals surface area (Å²) in [6.07, 6.45) is 0.344. The minimum atomic E-state index is -4.04. The van der Waals surface area contributed by atoms with Crippen LogP contribution in [0.15, 0.2) is 83.5 Å². The Morgan fingerprint density at radius 2 is 1.73 bits per heavy atom. The number of pyridine rings is 1. The number of likely N-dealkylation sites (N-methyl/N-ethyl adjacent to an activating group) is 1. The standard InChI is InChI=1S/C23H17N3O6S/c1-26-19(21(27)25-18-12-6-7-13-24-18)20(16-10-4-5-11-17(16)33(26,29)30)31-23-15-9-3-2-8-14(15)22(28)32-23/h2-13,23H,1H3,(H,24,25,27). The number of esters is 1. The molecule has 10 heteroatoms. The number of nitrogens with zero attached hydrogens (tertiary/aromatic N) is 2. The van der Waals surface area contributed by atoms with E-state index >= 15 is 0 Å². The molecule has 2 aliphatic heterocycles. The molecular formula is C23H17N3O6S. The molecule has 1 amide bonds. The summed E-state index contributed by atoms with van der Waals surface area (Å²) in [4.78, 5) is 29.6. The van der Waals surface area contributed by atoms with Crippen LogP contribution in [0.3, 0.4) is 0 Å². The maximum absolute atomic E-state index is 13.3. The molecule has 1 atom stereocenters. The van der Waals surface area contributed by atoms with E-state index in [1.54, 1.807) is 54.6 Å². The SMILES string of the molecule is CN1C(C(=O)Nc2ccccn2)=C(OC2OC(=O)c3ccccc32)c2ccccc2S1(=O)=O. The third-order valence-electron chi connectivity index (χ3n) is 5.30. The third-order valence-corrected chi connectivity index (χ3v) is 7.11. The van der Waals surface area contributed by atoms with E-state index < -0.39 is 28.2 Å². The van der Waals surface area contributed by atoms with Gasteiger partial charge in [0, 0.05) is 24.4 Å². The number of ether oxygens (including phenoxy) is 2. The van der Waals surface area contributed by atoms with Crippen molar-refractivity contribution >= 4 is 33.5 Å². The van der Waals surface area contributed by atoms with Gasteiger partial charge in [-0.05, 0) is 30.3 Å². The van der Waals surface area contributed by atoms with E-state index in [4.69, 9.17) is 9.47 Å². The van der Waals surface area contributed by atoms with Crippen LogP contribution in [0.5, 0.6) is 0 Å². The molecule has 0 spiro atoms. The summed E-state index contributed by atoms with van der Waals surface area (Å²) in [6, 6.07) is 17.8. The van der Waals surface area contributed by atoms with E-state index in [0.717, 1.165) is 4.31 Å². The topological polar surface area (TPSA) is 115 Å². The lowest BCUT2D eigenvalue weighted by Gasteiger charge is -2.31. The Hall–Kier alpha value is -4.18. The van der Waals surface area contributed by atoms with Crippen molar-refractivity contribution in [2.45, 2.75) is 11.2 Å². The van der Waals surface area contributed by atoms with Crippen LogP contribution in [0.1, 0.15) is 27.8 Å². The fraction of sp³-hybridized carbons (Fsp3) is 0.0870. The summed E-state index contributed by atoms with van der Waals surface area (Å²) in [5.74, 6) is -1.12. The molecule has 5 rings (SSSR count). The number of aromatic nitrogens is 1. The van der Waals surface area contributed by atoms with Crippen molar-refractivity contribution in [2.24, 2.45) is 0 Å². The Morgan fingerprint density at radius 3 is 2.48 bits per heavy atom. The number of cyclic esters (lactones) is 1. The van der Waals surface area contributed by atoms with Gasteiger partial charge in [0.05, 0.1) is 10.5 Å². The molecule has 0 bridgehead atoms. The lowest BCUT2D eigenvalue weighted by molar-refractivity contribution is -0.114. The minimum absolute atomic E-state index is 0.0329. The predicted octanol–water partition coefficient (Wildman–Crippen LogP) is 2.91. The Labute approximate surface area is 189 Å². The summed E-state index contributed by atoms with van der Waals surface area (Å²) in [7, 11) is -2.78. The summed E-state index contributed by atoms with van der Waals surface area (Å²) in [5, 5.41) is 2.59.